The summed E-state index contributed by atoms with van der Waals surface area (Å²) in [7, 11) is -3.92. The third kappa shape index (κ3) is 2.47. The van der Waals surface area contributed by atoms with Crippen LogP contribution in [0.4, 0.5) is 0 Å². The molecular formula is C19H24O4S. The van der Waals surface area contributed by atoms with E-state index in [2.05, 4.69) is 0 Å². The lowest BCUT2D eigenvalue weighted by Gasteiger charge is -2.20. The van der Waals surface area contributed by atoms with E-state index in [0.717, 1.165) is 11.1 Å². The summed E-state index contributed by atoms with van der Waals surface area (Å²) in [5.41, 5.74) is 4.33. The number of phenolic OH excluding ortho intramolecular Hbond substituents is 2. The van der Waals surface area contributed by atoms with Crippen LogP contribution in [0.2, 0.25) is 0 Å². The van der Waals surface area contributed by atoms with Gasteiger partial charge in [0.15, 0.2) is 0 Å². The van der Waals surface area contributed by atoms with Gasteiger partial charge in [-0.3, -0.25) is 0 Å². The summed E-state index contributed by atoms with van der Waals surface area (Å²) in [6.45, 7) is 12.1. The van der Waals surface area contributed by atoms with Gasteiger partial charge < -0.3 is 10.2 Å². The van der Waals surface area contributed by atoms with Crippen molar-refractivity contribution in [1.82, 2.24) is 0 Å². The van der Waals surface area contributed by atoms with Crippen LogP contribution in [0.1, 0.15) is 38.9 Å². The lowest BCUT2D eigenvalue weighted by atomic mass is 10.00. The first-order valence-corrected chi connectivity index (χ1v) is 9.25. The van der Waals surface area contributed by atoms with E-state index in [-0.39, 0.29) is 21.3 Å². The highest BCUT2D eigenvalue weighted by Crippen LogP contribution is 2.40. The number of rotatable bonds is 2. The van der Waals surface area contributed by atoms with Crippen LogP contribution in [0.3, 0.4) is 0 Å². The molecule has 0 aromatic heterocycles. The number of phenols is 2. The van der Waals surface area contributed by atoms with E-state index in [1.54, 1.807) is 34.6 Å². The van der Waals surface area contributed by atoms with Crippen molar-refractivity contribution in [3.63, 3.8) is 0 Å². The van der Waals surface area contributed by atoms with Gasteiger partial charge in [-0.2, -0.15) is 0 Å². The van der Waals surface area contributed by atoms with Gasteiger partial charge in [0, 0.05) is 0 Å². The molecule has 0 saturated carbocycles. The van der Waals surface area contributed by atoms with Gasteiger partial charge >= 0.3 is 0 Å². The van der Waals surface area contributed by atoms with E-state index in [0.29, 0.717) is 27.8 Å². The van der Waals surface area contributed by atoms with Crippen molar-refractivity contribution in [3.05, 3.63) is 45.0 Å². The van der Waals surface area contributed by atoms with Gasteiger partial charge in [-0.05, 0) is 93.5 Å². The van der Waals surface area contributed by atoms with Gasteiger partial charge in [-0.15, -0.1) is 0 Å². The lowest BCUT2D eigenvalue weighted by molar-refractivity contribution is 0.456. The third-order valence-corrected chi connectivity index (χ3v) is 7.34. The van der Waals surface area contributed by atoms with E-state index in [4.69, 9.17) is 0 Å². The van der Waals surface area contributed by atoms with Crippen molar-refractivity contribution in [2.24, 2.45) is 0 Å². The second-order valence-electron chi connectivity index (χ2n) is 6.47. The minimum absolute atomic E-state index is 0.0544. The summed E-state index contributed by atoms with van der Waals surface area (Å²) in [5, 5.41) is 20.5. The van der Waals surface area contributed by atoms with Crippen LogP contribution in [-0.4, -0.2) is 18.6 Å². The van der Waals surface area contributed by atoms with Crippen LogP contribution in [0.5, 0.6) is 11.5 Å². The Morgan fingerprint density at radius 3 is 1.54 bits per heavy atom. The Balaban J connectivity index is 2.97. The first-order valence-electron chi connectivity index (χ1n) is 7.77. The van der Waals surface area contributed by atoms with E-state index in [1.165, 1.54) is 6.07 Å². The molecule has 0 spiro atoms. The molecule has 0 amide bonds. The Kier molecular flexibility index (Phi) is 4.44. The van der Waals surface area contributed by atoms with Crippen LogP contribution < -0.4 is 0 Å². The number of hydrogen-bond acceptors (Lipinski definition) is 4. The highest BCUT2D eigenvalue weighted by molar-refractivity contribution is 7.91. The van der Waals surface area contributed by atoms with Crippen LogP contribution in [0.25, 0.3) is 0 Å². The average Bonchev–Trinajstić information content (AvgIpc) is 2.48. The summed E-state index contributed by atoms with van der Waals surface area (Å²) >= 11 is 0. The molecule has 0 aliphatic rings. The highest BCUT2D eigenvalue weighted by atomic mass is 32.2. The fourth-order valence-corrected chi connectivity index (χ4v) is 5.35. The molecule has 0 aliphatic heterocycles. The van der Waals surface area contributed by atoms with Gasteiger partial charge in [0.1, 0.15) is 16.4 Å². The summed E-state index contributed by atoms with van der Waals surface area (Å²) in [6, 6.07) is 1.49. The first-order chi connectivity index (χ1) is 10.9. The number of aryl methyl sites for hydroxylation is 1. The Bertz CT molecular complexity index is 925. The topological polar surface area (TPSA) is 74.6 Å². The molecule has 0 fully saturated rings. The normalized spacial score (nSPS) is 11.8. The quantitative estimate of drug-likeness (QED) is 0.857. The van der Waals surface area contributed by atoms with E-state index >= 15 is 0 Å². The molecule has 2 aromatic rings. The van der Waals surface area contributed by atoms with Gasteiger partial charge in [-0.25, -0.2) is 8.42 Å². The second-order valence-corrected chi connectivity index (χ2v) is 8.30. The van der Waals surface area contributed by atoms with E-state index < -0.39 is 9.84 Å². The highest BCUT2D eigenvalue weighted by Gasteiger charge is 2.30. The standard InChI is InChI=1S/C19H24O4S/c1-9-8-16(20)19(13(5)10(9)2)24(22,23)18-14(6)11(3)17(21)12(4)15(18)7/h8,20-21H,1-7H3. The maximum Gasteiger partial charge on any atom is 0.211 e. The summed E-state index contributed by atoms with van der Waals surface area (Å²) in [6.07, 6.45) is 0. The zero-order chi connectivity index (χ0) is 18.6. The molecule has 2 N–H and O–H groups in total. The van der Waals surface area contributed by atoms with Crippen LogP contribution >= 0.6 is 0 Å². The van der Waals surface area contributed by atoms with E-state index in [9.17, 15) is 18.6 Å². The summed E-state index contributed by atoms with van der Waals surface area (Å²) in [5.74, 6) is -0.122. The van der Waals surface area contributed by atoms with Gasteiger partial charge in [-0.1, -0.05) is 0 Å². The smallest absolute Gasteiger partial charge is 0.211 e. The maximum absolute atomic E-state index is 13.4. The molecule has 130 valence electrons. The lowest BCUT2D eigenvalue weighted by Crippen LogP contribution is -2.12. The van der Waals surface area contributed by atoms with Gasteiger partial charge in [0.25, 0.3) is 0 Å². The zero-order valence-corrected chi connectivity index (χ0v) is 16.0. The first kappa shape index (κ1) is 18.3. The van der Waals surface area contributed by atoms with Crippen LogP contribution in [0.15, 0.2) is 15.9 Å². The number of hydrogen-bond donors (Lipinski definition) is 2. The largest absolute Gasteiger partial charge is 0.507 e. The number of benzene rings is 2. The second kappa shape index (κ2) is 5.81. The van der Waals surface area contributed by atoms with Gasteiger partial charge in [0.2, 0.25) is 9.84 Å². The third-order valence-electron chi connectivity index (χ3n) is 5.13. The molecule has 4 nitrogen and oxygen atoms in total. The number of aromatic hydroxyl groups is 2. The Labute approximate surface area is 143 Å². The van der Waals surface area contributed by atoms with Gasteiger partial charge in [0.05, 0.1) is 4.90 Å². The predicted molar refractivity (Wildman–Crippen MR) is 94.8 cm³/mol. The summed E-state index contributed by atoms with van der Waals surface area (Å²) < 4.78 is 26.7. The Morgan fingerprint density at radius 2 is 1.08 bits per heavy atom. The summed E-state index contributed by atoms with van der Waals surface area (Å²) in [4.78, 5) is 0.109. The molecule has 24 heavy (non-hydrogen) atoms. The van der Waals surface area contributed by atoms with Crippen LogP contribution in [0, 0.1) is 48.5 Å². The Hall–Kier alpha value is -2.01. The maximum atomic E-state index is 13.4. The molecule has 5 heteroatoms. The average molecular weight is 348 g/mol. The van der Waals surface area contributed by atoms with E-state index in [1.807, 2.05) is 13.8 Å². The minimum Gasteiger partial charge on any atom is -0.507 e. The van der Waals surface area contributed by atoms with Crippen molar-refractivity contribution in [1.29, 1.82) is 0 Å². The molecule has 0 radical (unpaired) electrons. The molecule has 0 heterocycles. The zero-order valence-electron chi connectivity index (χ0n) is 15.2. The molecule has 2 rings (SSSR count). The Morgan fingerprint density at radius 1 is 0.667 bits per heavy atom. The van der Waals surface area contributed by atoms with Crippen molar-refractivity contribution >= 4 is 9.84 Å². The minimum atomic E-state index is -3.92. The van der Waals surface area contributed by atoms with Crippen molar-refractivity contribution in [3.8, 4) is 11.5 Å². The SMILES string of the molecule is Cc1cc(O)c(S(=O)(=O)c2c(C)c(C)c(O)c(C)c2C)c(C)c1C. The fourth-order valence-electron chi connectivity index (χ4n) is 3.14. The monoisotopic (exact) mass is 348 g/mol. The van der Waals surface area contributed by atoms with Crippen molar-refractivity contribution in [2.75, 3.05) is 0 Å². The molecule has 0 atom stereocenters. The molecule has 0 saturated heterocycles. The molecule has 2 aromatic carbocycles. The van der Waals surface area contributed by atoms with Crippen LogP contribution in [-0.2, 0) is 9.84 Å². The molecular weight excluding hydrogens is 324 g/mol. The number of sulfone groups is 1. The predicted octanol–water partition coefficient (Wildman–Crippen LogP) is 4.09. The molecule has 0 bridgehead atoms. The fraction of sp³-hybridized carbons (Fsp3) is 0.368. The molecule has 0 aliphatic carbocycles. The molecule has 0 unspecified atom stereocenters. The van der Waals surface area contributed by atoms with Crippen molar-refractivity contribution in [2.45, 2.75) is 58.3 Å². The van der Waals surface area contributed by atoms with Crippen molar-refractivity contribution < 1.29 is 18.6 Å².